The minimum absolute atomic E-state index is 0.0416. The number of carbonyl (C=O) groups excluding carboxylic acids is 1. The summed E-state index contributed by atoms with van der Waals surface area (Å²) in [6.07, 6.45) is 0. The molecule has 0 aliphatic carbocycles. The molecule has 1 rings (SSSR count). The van der Waals surface area contributed by atoms with Crippen LogP contribution in [0.4, 0.5) is 0 Å². The van der Waals surface area contributed by atoms with Gasteiger partial charge in [0.1, 0.15) is 11.4 Å². The number of aromatic nitrogens is 2. The van der Waals surface area contributed by atoms with Gasteiger partial charge in [-0.1, -0.05) is 11.6 Å². The van der Waals surface area contributed by atoms with Crippen LogP contribution in [-0.4, -0.2) is 28.6 Å². The molecule has 0 aliphatic heterocycles. The number of methoxy groups -OCH3 is 1. The maximum atomic E-state index is 11.9. The quantitative estimate of drug-likeness (QED) is 0.602. The molecule has 6 heteroatoms. The molecule has 0 aromatic carbocycles. The second kappa shape index (κ2) is 4.87. The minimum atomic E-state index is -0.604. The number of esters is 1. The third kappa shape index (κ3) is 3.56. The van der Waals surface area contributed by atoms with Crippen molar-refractivity contribution in [3.8, 4) is 5.75 Å². The summed E-state index contributed by atoms with van der Waals surface area (Å²) in [5.74, 6) is -0.0649. The van der Waals surface area contributed by atoms with Crippen molar-refractivity contribution in [1.29, 1.82) is 0 Å². The largest absolute Gasteiger partial charge is 0.491 e. The highest BCUT2D eigenvalue weighted by atomic mass is 35.5. The molecule has 0 saturated heterocycles. The van der Waals surface area contributed by atoms with Gasteiger partial charge in [0.15, 0.2) is 16.6 Å². The lowest BCUT2D eigenvalue weighted by Crippen LogP contribution is -2.25. The topological polar surface area (TPSA) is 61.3 Å². The number of halogens is 1. The number of hydrogen-bond donors (Lipinski definition) is 0. The van der Waals surface area contributed by atoms with E-state index in [1.165, 1.54) is 7.11 Å². The molecule has 17 heavy (non-hydrogen) atoms. The summed E-state index contributed by atoms with van der Waals surface area (Å²) in [4.78, 5) is 19.8. The first-order chi connectivity index (χ1) is 7.74. The van der Waals surface area contributed by atoms with Crippen molar-refractivity contribution >= 4 is 17.6 Å². The third-order valence-corrected chi connectivity index (χ3v) is 1.99. The van der Waals surface area contributed by atoms with E-state index in [9.17, 15) is 4.79 Å². The molecule has 0 spiro atoms. The van der Waals surface area contributed by atoms with Crippen LogP contribution in [-0.2, 0) is 4.74 Å². The maximum Gasteiger partial charge on any atom is 0.361 e. The van der Waals surface area contributed by atoms with Crippen LogP contribution in [0, 0.1) is 6.92 Å². The van der Waals surface area contributed by atoms with Crippen LogP contribution in [0.2, 0.25) is 5.15 Å². The zero-order valence-corrected chi connectivity index (χ0v) is 11.3. The number of nitrogens with zero attached hydrogens (tertiary/aromatic N) is 2. The SMILES string of the molecule is COc1c(Cl)nc(C)nc1C(=O)OC(C)(C)C. The molecular formula is C11H15ClN2O3. The molecule has 1 aromatic heterocycles. The fraction of sp³-hybridized carbons (Fsp3) is 0.545. The van der Waals surface area contributed by atoms with E-state index in [1.807, 2.05) is 0 Å². The minimum Gasteiger partial charge on any atom is -0.491 e. The molecule has 0 N–H and O–H groups in total. The van der Waals surface area contributed by atoms with Gasteiger partial charge >= 0.3 is 5.97 Å². The summed E-state index contributed by atoms with van der Waals surface area (Å²) in [6.45, 7) is 6.95. The first kappa shape index (κ1) is 13.7. The van der Waals surface area contributed by atoms with Gasteiger partial charge in [-0.3, -0.25) is 0 Å². The van der Waals surface area contributed by atoms with E-state index in [-0.39, 0.29) is 16.6 Å². The normalized spacial score (nSPS) is 11.2. The summed E-state index contributed by atoms with van der Waals surface area (Å²) in [5, 5.41) is 0.0980. The Kier molecular flexibility index (Phi) is 3.93. The standard InChI is InChI=1S/C11H15ClN2O3/c1-6-13-7(8(16-5)9(12)14-6)10(15)17-11(2,3)4/h1-5H3. The zero-order chi connectivity index (χ0) is 13.2. The summed E-state index contributed by atoms with van der Waals surface area (Å²) in [6, 6.07) is 0. The number of carbonyl (C=O) groups is 1. The second-order valence-corrected chi connectivity index (χ2v) is 4.80. The number of hydrogen-bond acceptors (Lipinski definition) is 5. The molecule has 0 radical (unpaired) electrons. The van der Waals surface area contributed by atoms with Crippen LogP contribution >= 0.6 is 11.6 Å². The summed E-state index contributed by atoms with van der Waals surface area (Å²) < 4.78 is 10.2. The second-order valence-electron chi connectivity index (χ2n) is 4.45. The van der Waals surface area contributed by atoms with Crippen LogP contribution in [0.15, 0.2) is 0 Å². The number of rotatable bonds is 2. The fourth-order valence-electron chi connectivity index (χ4n) is 1.17. The van der Waals surface area contributed by atoms with Crippen molar-refractivity contribution in [3.63, 3.8) is 0 Å². The van der Waals surface area contributed by atoms with E-state index >= 15 is 0 Å². The van der Waals surface area contributed by atoms with Crippen LogP contribution < -0.4 is 4.74 Å². The van der Waals surface area contributed by atoms with Crippen molar-refractivity contribution in [2.24, 2.45) is 0 Å². The van der Waals surface area contributed by atoms with Crippen molar-refractivity contribution in [1.82, 2.24) is 9.97 Å². The van der Waals surface area contributed by atoms with E-state index in [4.69, 9.17) is 21.1 Å². The van der Waals surface area contributed by atoms with Gasteiger partial charge in [-0.05, 0) is 27.7 Å². The first-order valence-corrected chi connectivity index (χ1v) is 5.44. The summed E-state index contributed by atoms with van der Waals surface area (Å²) in [7, 11) is 1.40. The van der Waals surface area contributed by atoms with Gasteiger partial charge in [0, 0.05) is 0 Å². The molecule has 1 heterocycles. The van der Waals surface area contributed by atoms with Crippen molar-refractivity contribution in [3.05, 3.63) is 16.7 Å². The predicted octanol–water partition coefficient (Wildman–Crippen LogP) is 2.40. The van der Waals surface area contributed by atoms with E-state index in [1.54, 1.807) is 27.7 Å². The van der Waals surface area contributed by atoms with E-state index in [0.29, 0.717) is 5.82 Å². The van der Waals surface area contributed by atoms with Gasteiger partial charge < -0.3 is 9.47 Å². The Morgan fingerprint density at radius 1 is 1.29 bits per heavy atom. The first-order valence-electron chi connectivity index (χ1n) is 5.06. The van der Waals surface area contributed by atoms with Gasteiger partial charge in [0.25, 0.3) is 0 Å². The van der Waals surface area contributed by atoms with Gasteiger partial charge in [0.05, 0.1) is 7.11 Å². The Morgan fingerprint density at radius 3 is 2.35 bits per heavy atom. The van der Waals surface area contributed by atoms with Crippen LogP contribution in [0.25, 0.3) is 0 Å². The van der Waals surface area contributed by atoms with Crippen LogP contribution in [0.1, 0.15) is 37.1 Å². The van der Waals surface area contributed by atoms with Crippen LogP contribution in [0.5, 0.6) is 5.75 Å². The number of aryl methyl sites for hydroxylation is 1. The molecule has 94 valence electrons. The van der Waals surface area contributed by atoms with Crippen molar-refractivity contribution in [2.75, 3.05) is 7.11 Å². The van der Waals surface area contributed by atoms with Gasteiger partial charge in [-0.15, -0.1) is 0 Å². The molecule has 0 unspecified atom stereocenters. The maximum absolute atomic E-state index is 11.9. The highest BCUT2D eigenvalue weighted by Crippen LogP contribution is 2.26. The molecule has 0 saturated carbocycles. The molecule has 0 aliphatic rings. The van der Waals surface area contributed by atoms with E-state index in [0.717, 1.165) is 0 Å². The van der Waals surface area contributed by atoms with E-state index < -0.39 is 11.6 Å². The lowest BCUT2D eigenvalue weighted by molar-refractivity contribution is 0.00589. The lowest BCUT2D eigenvalue weighted by atomic mass is 10.2. The monoisotopic (exact) mass is 258 g/mol. The average Bonchev–Trinajstić information content (AvgIpc) is 2.13. The Morgan fingerprint density at radius 2 is 1.88 bits per heavy atom. The molecule has 0 atom stereocenters. The molecule has 5 nitrogen and oxygen atoms in total. The van der Waals surface area contributed by atoms with E-state index in [2.05, 4.69) is 9.97 Å². The average molecular weight is 259 g/mol. The lowest BCUT2D eigenvalue weighted by Gasteiger charge is -2.20. The molecule has 0 fully saturated rings. The Bertz CT molecular complexity index is 441. The Hall–Kier alpha value is -1.36. The van der Waals surface area contributed by atoms with Gasteiger partial charge in [-0.2, -0.15) is 0 Å². The van der Waals surface area contributed by atoms with Gasteiger partial charge in [0.2, 0.25) is 0 Å². The highest BCUT2D eigenvalue weighted by Gasteiger charge is 2.24. The van der Waals surface area contributed by atoms with Crippen molar-refractivity contribution in [2.45, 2.75) is 33.3 Å². The number of ether oxygens (including phenoxy) is 2. The summed E-state index contributed by atoms with van der Waals surface area (Å²) in [5.41, 5.74) is -0.562. The Balaban J connectivity index is 3.16. The third-order valence-electron chi connectivity index (χ3n) is 1.73. The van der Waals surface area contributed by atoms with Crippen molar-refractivity contribution < 1.29 is 14.3 Å². The summed E-state index contributed by atoms with van der Waals surface area (Å²) >= 11 is 5.87. The molecule has 0 bridgehead atoms. The molecule has 1 aromatic rings. The Labute approximate surface area is 105 Å². The molecule has 0 amide bonds. The van der Waals surface area contributed by atoms with Gasteiger partial charge in [-0.25, -0.2) is 14.8 Å². The fourth-order valence-corrected chi connectivity index (χ4v) is 1.46. The highest BCUT2D eigenvalue weighted by molar-refractivity contribution is 6.31. The van der Waals surface area contributed by atoms with Crippen LogP contribution in [0.3, 0.4) is 0 Å². The molecular weight excluding hydrogens is 244 g/mol. The smallest absolute Gasteiger partial charge is 0.361 e. The predicted molar refractivity (Wildman–Crippen MR) is 63.5 cm³/mol. The zero-order valence-electron chi connectivity index (χ0n) is 10.5.